The van der Waals surface area contributed by atoms with Crippen LogP contribution >= 0.6 is 0 Å². The van der Waals surface area contributed by atoms with Gasteiger partial charge in [-0.1, -0.05) is 18.2 Å². The van der Waals surface area contributed by atoms with Crippen molar-refractivity contribution in [2.24, 2.45) is 0 Å². The summed E-state index contributed by atoms with van der Waals surface area (Å²) in [5, 5.41) is 7.66. The average Bonchev–Trinajstić information content (AvgIpc) is 2.74. The number of rotatable bonds is 7. The lowest BCUT2D eigenvalue weighted by atomic mass is 10.0. The third-order valence-electron chi connectivity index (χ3n) is 4.80. The number of nitrogens with one attached hydrogen (secondary N) is 1. The van der Waals surface area contributed by atoms with Crippen molar-refractivity contribution in [1.82, 2.24) is 15.0 Å². The molecule has 0 bridgehead atoms. The number of hydrogen-bond acceptors (Lipinski definition) is 7. The fourth-order valence-corrected chi connectivity index (χ4v) is 4.12. The number of fused-ring (bicyclic) bond motifs is 1. The smallest absolute Gasteiger partial charge is 0.261 e. The second kappa shape index (κ2) is 8.64. The van der Waals surface area contributed by atoms with Crippen LogP contribution in [-0.4, -0.2) is 47.7 Å². The van der Waals surface area contributed by atoms with E-state index in [1.54, 1.807) is 25.3 Å². The second-order valence-electron chi connectivity index (χ2n) is 6.79. The number of methoxy groups -OCH3 is 1. The Bertz CT molecular complexity index is 1240. The minimum Gasteiger partial charge on any atom is -0.497 e. The molecule has 0 fully saturated rings. The molecule has 3 rings (SSSR count). The quantitative estimate of drug-likeness (QED) is 0.427. The van der Waals surface area contributed by atoms with Crippen molar-refractivity contribution < 1.29 is 23.2 Å². The van der Waals surface area contributed by atoms with Crippen LogP contribution in [0, 0.1) is 0 Å². The van der Waals surface area contributed by atoms with Crippen LogP contribution < -0.4 is 15.8 Å². The molecule has 10 heteroatoms. The number of sulfone groups is 1. The molecule has 30 heavy (non-hydrogen) atoms. The van der Waals surface area contributed by atoms with Crippen molar-refractivity contribution >= 4 is 26.6 Å². The third-order valence-corrected chi connectivity index (χ3v) is 6.28. The van der Waals surface area contributed by atoms with E-state index < -0.39 is 21.0 Å². The van der Waals surface area contributed by atoms with E-state index in [1.165, 1.54) is 16.4 Å². The van der Waals surface area contributed by atoms with Gasteiger partial charge < -0.3 is 4.74 Å². The standard InChI is InChI=1S/C20H21N3O6S/c1-29-15-6-3-13(4-7-15)14-5-8-16-17(11-14)21-12-23(20(16)25)10-9-18(19(24)22-26)30(2,27)28/h3-8,11-12,18,26H,9-10H2,1-2H3,(H,22,24)/t18-/m1/s1. The topological polar surface area (TPSA) is 128 Å². The zero-order chi connectivity index (χ0) is 21.9. The monoisotopic (exact) mass is 431 g/mol. The molecule has 1 atom stereocenters. The molecule has 158 valence electrons. The maximum absolute atomic E-state index is 12.8. The fraction of sp³-hybridized carbons (Fsp3) is 0.250. The normalized spacial score (nSPS) is 12.5. The van der Waals surface area contributed by atoms with E-state index >= 15 is 0 Å². The molecule has 0 saturated carbocycles. The molecule has 0 aliphatic heterocycles. The number of carbonyl (C=O) groups excluding carboxylic acids is 1. The lowest BCUT2D eigenvalue weighted by Crippen LogP contribution is -2.39. The summed E-state index contributed by atoms with van der Waals surface area (Å²) >= 11 is 0. The predicted molar refractivity (Wildman–Crippen MR) is 111 cm³/mol. The molecule has 2 N–H and O–H groups in total. The molecule has 1 heterocycles. The third kappa shape index (κ3) is 4.50. The summed E-state index contributed by atoms with van der Waals surface area (Å²) in [4.78, 5) is 28.7. The van der Waals surface area contributed by atoms with E-state index in [1.807, 2.05) is 24.3 Å². The first-order valence-corrected chi connectivity index (χ1v) is 11.0. The molecular weight excluding hydrogens is 410 g/mol. The van der Waals surface area contributed by atoms with Gasteiger partial charge in [0.05, 0.1) is 24.3 Å². The van der Waals surface area contributed by atoms with Crippen LogP contribution in [0.25, 0.3) is 22.0 Å². The number of aromatic nitrogens is 2. The first kappa shape index (κ1) is 21.5. The Balaban J connectivity index is 1.89. The Hall–Kier alpha value is -3.24. The molecule has 0 aliphatic rings. The van der Waals surface area contributed by atoms with Crippen LogP contribution in [0.3, 0.4) is 0 Å². The van der Waals surface area contributed by atoms with Crippen molar-refractivity contribution in [3.8, 4) is 16.9 Å². The summed E-state index contributed by atoms with van der Waals surface area (Å²) in [5.41, 5.74) is 3.32. The van der Waals surface area contributed by atoms with Gasteiger partial charge in [0.1, 0.15) is 11.0 Å². The second-order valence-corrected chi connectivity index (χ2v) is 9.01. The summed E-state index contributed by atoms with van der Waals surface area (Å²) in [6, 6.07) is 12.7. The molecule has 1 amide bonds. The van der Waals surface area contributed by atoms with Gasteiger partial charge in [-0.2, -0.15) is 0 Å². The van der Waals surface area contributed by atoms with E-state index in [-0.39, 0.29) is 18.5 Å². The van der Waals surface area contributed by atoms with Crippen molar-refractivity contribution in [2.45, 2.75) is 18.2 Å². The summed E-state index contributed by atoms with van der Waals surface area (Å²) < 4.78 is 30.0. The van der Waals surface area contributed by atoms with E-state index in [2.05, 4.69) is 4.98 Å². The minimum absolute atomic E-state index is 0.0485. The van der Waals surface area contributed by atoms with Crippen LogP contribution in [0.15, 0.2) is 53.6 Å². The number of nitrogens with zero attached hydrogens (tertiary/aromatic N) is 2. The van der Waals surface area contributed by atoms with Crippen molar-refractivity contribution in [3.05, 3.63) is 59.1 Å². The van der Waals surface area contributed by atoms with Crippen LogP contribution in [0.2, 0.25) is 0 Å². The van der Waals surface area contributed by atoms with Crippen molar-refractivity contribution in [3.63, 3.8) is 0 Å². The maximum atomic E-state index is 12.8. The maximum Gasteiger partial charge on any atom is 0.261 e. The van der Waals surface area contributed by atoms with Crippen LogP contribution in [0.1, 0.15) is 6.42 Å². The molecule has 0 unspecified atom stereocenters. The van der Waals surface area contributed by atoms with E-state index in [0.717, 1.165) is 23.1 Å². The molecular formula is C20H21N3O6S. The molecule has 0 spiro atoms. The van der Waals surface area contributed by atoms with Gasteiger partial charge in [-0.25, -0.2) is 18.9 Å². The number of carbonyl (C=O) groups is 1. The fourth-order valence-electron chi connectivity index (χ4n) is 3.15. The van der Waals surface area contributed by atoms with E-state index in [9.17, 15) is 18.0 Å². The summed E-state index contributed by atoms with van der Waals surface area (Å²) in [7, 11) is -2.17. The van der Waals surface area contributed by atoms with Gasteiger partial charge in [-0.15, -0.1) is 0 Å². The SMILES string of the molecule is COc1ccc(-c2ccc3c(=O)n(CC[C@H](C(=O)NO)S(C)(=O)=O)cnc3c2)cc1. The van der Waals surface area contributed by atoms with Gasteiger partial charge in [0, 0.05) is 12.8 Å². The highest BCUT2D eigenvalue weighted by Gasteiger charge is 2.28. The van der Waals surface area contributed by atoms with Crippen LogP contribution in [0.5, 0.6) is 5.75 Å². The highest BCUT2D eigenvalue weighted by atomic mass is 32.2. The highest BCUT2D eigenvalue weighted by molar-refractivity contribution is 7.92. The number of hydroxylamine groups is 1. The first-order chi connectivity index (χ1) is 14.2. The minimum atomic E-state index is -3.76. The van der Waals surface area contributed by atoms with Gasteiger partial charge in [0.2, 0.25) is 0 Å². The average molecular weight is 431 g/mol. The molecule has 0 saturated heterocycles. The van der Waals surface area contributed by atoms with Gasteiger partial charge in [-0.3, -0.25) is 19.4 Å². The molecule has 3 aromatic rings. The highest BCUT2D eigenvalue weighted by Crippen LogP contribution is 2.24. The Kier molecular flexibility index (Phi) is 6.18. The zero-order valence-electron chi connectivity index (χ0n) is 16.4. The Labute approximate surface area is 172 Å². The number of hydrogen-bond donors (Lipinski definition) is 2. The van der Waals surface area contributed by atoms with Crippen molar-refractivity contribution in [1.29, 1.82) is 0 Å². The largest absolute Gasteiger partial charge is 0.497 e. The number of benzene rings is 2. The lowest BCUT2D eigenvalue weighted by molar-refractivity contribution is -0.128. The molecule has 9 nitrogen and oxygen atoms in total. The van der Waals surface area contributed by atoms with Gasteiger partial charge in [0.25, 0.3) is 11.5 Å². The molecule has 0 aliphatic carbocycles. The van der Waals surface area contributed by atoms with Crippen LogP contribution in [-0.2, 0) is 21.2 Å². The van der Waals surface area contributed by atoms with E-state index in [0.29, 0.717) is 10.9 Å². The summed E-state index contributed by atoms with van der Waals surface area (Å²) in [6.45, 7) is -0.0485. The predicted octanol–water partition coefficient (Wildman–Crippen LogP) is 1.38. The number of amides is 1. The molecule has 0 radical (unpaired) electrons. The lowest BCUT2D eigenvalue weighted by Gasteiger charge is -2.14. The van der Waals surface area contributed by atoms with Gasteiger partial charge >= 0.3 is 0 Å². The summed E-state index contributed by atoms with van der Waals surface area (Å²) in [6.07, 6.45) is 2.04. The van der Waals surface area contributed by atoms with Crippen LogP contribution in [0.4, 0.5) is 0 Å². The van der Waals surface area contributed by atoms with Gasteiger partial charge in [0.15, 0.2) is 9.84 Å². The Morgan fingerprint density at radius 3 is 2.47 bits per heavy atom. The molecule has 1 aromatic heterocycles. The number of aryl methyl sites for hydroxylation is 1. The van der Waals surface area contributed by atoms with Crippen molar-refractivity contribution in [2.75, 3.05) is 13.4 Å². The number of ether oxygens (including phenoxy) is 1. The summed E-state index contributed by atoms with van der Waals surface area (Å²) in [5.74, 6) is -0.300. The van der Waals surface area contributed by atoms with E-state index in [4.69, 9.17) is 9.94 Å². The first-order valence-electron chi connectivity index (χ1n) is 9.01. The zero-order valence-corrected chi connectivity index (χ0v) is 17.2. The molecule has 2 aromatic carbocycles. The van der Waals surface area contributed by atoms with Gasteiger partial charge in [-0.05, 0) is 41.8 Å². The Morgan fingerprint density at radius 2 is 1.87 bits per heavy atom. The Morgan fingerprint density at radius 1 is 1.20 bits per heavy atom.